The molecule has 3 nitrogen and oxygen atoms in total. The van der Waals surface area contributed by atoms with Gasteiger partial charge in [0, 0.05) is 31.3 Å². The molecule has 0 aliphatic rings. The summed E-state index contributed by atoms with van der Waals surface area (Å²) >= 11 is 0. The van der Waals surface area contributed by atoms with Crippen molar-refractivity contribution in [3.63, 3.8) is 0 Å². The molecule has 1 heterocycles. The SMILES string of the molecule is Cn1ncc(CN)c1Cc1ccccc1. The Bertz CT molecular complexity index is 431. The fourth-order valence-corrected chi connectivity index (χ4v) is 1.70. The molecule has 0 spiro atoms. The van der Waals surface area contributed by atoms with E-state index in [1.165, 1.54) is 11.3 Å². The van der Waals surface area contributed by atoms with Gasteiger partial charge < -0.3 is 5.73 Å². The Balaban J connectivity index is 2.27. The number of hydrogen-bond donors (Lipinski definition) is 1. The molecule has 0 fully saturated rings. The summed E-state index contributed by atoms with van der Waals surface area (Å²) in [5.41, 5.74) is 9.28. The number of hydrogen-bond acceptors (Lipinski definition) is 2. The number of nitrogens with zero attached hydrogens (tertiary/aromatic N) is 2. The van der Waals surface area contributed by atoms with Gasteiger partial charge in [-0.15, -0.1) is 0 Å². The van der Waals surface area contributed by atoms with Gasteiger partial charge in [0.1, 0.15) is 0 Å². The molecule has 0 saturated carbocycles. The molecule has 0 saturated heterocycles. The van der Waals surface area contributed by atoms with Crippen LogP contribution < -0.4 is 5.73 Å². The highest BCUT2D eigenvalue weighted by Crippen LogP contribution is 2.12. The van der Waals surface area contributed by atoms with E-state index in [0.29, 0.717) is 6.54 Å². The van der Waals surface area contributed by atoms with Crippen LogP contribution in [0.3, 0.4) is 0 Å². The highest BCUT2D eigenvalue weighted by atomic mass is 15.3. The average molecular weight is 201 g/mol. The van der Waals surface area contributed by atoms with Crippen LogP contribution in [0.2, 0.25) is 0 Å². The van der Waals surface area contributed by atoms with Gasteiger partial charge in [0.15, 0.2) is 0 Å². The molecule has 78 valence electrons. The first-order chi connectivity index (χ1) is 7.31. The van der Waals surface area contributed by atoms with Crippen LogP contribution in [-0.4, -0.2) is 9.78 Å². The van der Waals surface area contributed by atoms with Gasteiger partial charge in [0.05, 0.1) is 6.20 Å². The second kappa shape index (κ2) is 4.28. The second-order valence-electron chi connectivity index (χ2n) is 3.61. The lowest BCUT2D eigenvalue weighted by molar-refractivity contribution is 0.721. The largest absolute Gasteiger partial charge is 0.326 e. The second-order valence-corrected chi connectivity index (χ2v) is 3.61. The Hall–Kier alpha value is -1.61. The van der Waals surface area contributed by atoms with Crippen molar-refractivity contribution in [2.24, 2.45) is 12.8 Å². The molecule has 2 aromatic rings. The predicted molar refractivity (Wildman–Crippen MR) is 60.3 cm³/mol. The van der Waals surface area contributed by atoms with Crippen LogP contribution in [0.5, 0.6) is 0 Å². The molecule has 3 heteroatoms. The quantitative estimate of drug-likeness (QED) is 0.817. The fraction of sp³-hybridized carbons (Fsp3) is 0.250. The standard InChI is InChI=1S/C12H15N3/c1-15-12(11(8-13)9-14-15)7-10-5-3-2-4-6-10/h2-6,9H,7-8,13H2,1H3. The van der Waals surface area contributed by atoms with Crippen LogP contribution in [0.4, 0.5) is 0 Å². The third-order valence-electron chi connectivity index (χ3n) is 2.58. The van der Waals surface area contributed by atoms with E-state index in [0.717, 1.165) is 12.0 Å². The zero-order valence-corrected chi connectivity index (χ0v) is 8.85. The molecule has 2 N–H and O–H groups in total. The molecular weight excluding hydrogens is 186 g/mol. The zero-order chi connectivity index (χ0) is 10.7. The van der Waals surface area contributed by atoms with Crippen molar-refractivity contribution < 1.29 is 0 Å². The zero-order valence-electron chi connectivity index (χ0n) is 8.85. The Morgan fingerprint density at radius 2 is 2.00 bits per heavy atom. The molecule has 0 aliphatic carbocycles. The maximum Gasteiger partial charge on any atom is 0.0537 e. The molecule has 1 aromatic carbocycles. The summed E-state index contributed by atoms with van der Waals surface area (Å²) < 4.78 is 1.90. The highest BCUT2D eigenvalue weighted by Gasteiger charge is 2.07. The topological polar surface area (TPSA) is 43.8 Å². The monoisotopic (exact) mass is 201 g/mol. The molecule has 0 amide bonds. The number of aromatic nitrogens is 2. The van der Waals surface area contributed by atoms with Gasteiger partial charge in [-0.1, -0.05) is 30.3 Å². The van der Waals surface area contributed by atoms with Gasteiger partial charge in [-0.05, 0) is 5.56 Å². The van der Waals surface area contributed by atoms with Crippen LogP contribution in [0.1, 0.15) is 16.8 Å². The first-order valence-corrected chi connectivity index (χ1v) is 5.05. The summed E-state index contributed by atoms with van der Waals surface area (Å²) in [6.07, 6.45) is 2.74. The van der Waals surface area contributed by atoms with E-state index >= 15 is 0 Å². The first-order valence-electron chi connectivity index (χ1n) is 5.05. The third kappa shape index (κ3) is 2.07. The van der Waals surface area contributed by atoms with E-state index in [4.69, 9.17) is 5.73 Å². The molecule has 0 bridgehead atoms. The van der Waals surface area contributed by atoms with Crippen molar-refractivity contribution in [1.29, 1.82) is 0 Å². The summed E-state index contributed by atoms with van der Waals surface area (Å²) in [6, 6.07) is 10.4. The van der Waals surface area contributed by atoms with Crippen LogP contribution in [0, 0.1) is 0 Å². The summed E-state index contributed by atoms with van der Waals surface area (Å²) in [4.78, 5) is 0. The van der Waals surface area contributed by atoms with Gasteiger partial charge in [-0.3, -0.25) is 4.68 Å². The van der Waals surface area contributed by atoms with Gasteiger partial charge in [-0.2, -0.15) is 5.10 Å². The summed E-state index contributed by atoms with van der Waals surface area (Å²) in [5.74, 6) is 0. The first kappa shape index (κ1) is 9.93. The van der Waals surface area contributed by atoms with Crippen LogP contribution in [0.25, 0.3) is 0 Å². The Morgan fingerprint density at radius 3 is 2.67 bits per heavy atom. The maximum atomic E-state index is 5.66. The lowest BCUT2D eigenvalue weighted by Crippen LogP contribution is -2.04. The van der Waals surface area contributed by atoms with Crippen molar-refractivity contribution in [3.05, 3.63) is 53.3 Å². The molecule has 1 aromatic heterocycles. The highest BCUT2D eigenvalue weighted by molar-refractivity contribution is 5.26. The summed E-state index contributed by atoms with van der Waals surface area (Å²) in [6.45, 7) is 0.552. The molecule has 15 heavy (non-hydrogen) atoms. The minimum absolute atomic E-state index is 0.552. The molecule has 2 rings (SSSR count). The molecule has 0 radical (unpaired) electrons. The van der Waals surface area contributed by atoms with Gasteiger partial charge in [0.2, 0.25) is 0 Å². The van der Waals surface area contributed by atoms with Crippen molar-refractivity contribution in [3.8, 4) is 0 Å². The minimum atomic E-state index is 0.552. The third-order valence-corrected chi connectivity index (χ3v) is 2.58. The number of aryl methyl sites for hydroxylation is 1. The normalized spacial score (nSPS) is 10.5. The molecule has 0 aliphatic heterocycles. The molecule has 0 unspecified atom stereocenters. The lowest BCUT2D eigenvalue weighted by Gasteiger charge is -2.04. The number of benzene rings is 1. The van der Waals surface area contributed by atoms with Crippen molar-refractivity contribution in [1.82, 2.24) is 9.78 Å². The average Bonchev–Trinajstić information content (AvgIpc) is 2.62. The van der Waals surface area contributed by atoms with Gasteiger partial charge >= 0.3 is 0 Å². The smallest absolute Gasteiger partial charge is 0.0537 e. The Kier molecular flexibility index (Phi) is 2.83. The Labute approximate surface area is 89.5 Å². The van der Waals surface area contributed by atoms with Crippen LogP contribution in [0.15, 0.2) is 36.5 Å². The van der Waals surface area contributed by atoms with E-state index < -0.39 is 0 Å². The van der Waals surface area contributed by atoms with E-state index in [9.17, 15) is 0 Å². The minimum Gasteiger partial charge on any atom is -0.326 e. The maximum absolute atomic E-state index is 5.66. The number of rotatable bonds is 3. The molecule has 0 atom stereocenters. The van der Waals surface area contributed by atoms with E-state index in [2.05, 4.69) is 17.2 Å². The predicted octanol–water partition coefficient (Wildman–Crippen LogP) is 1.47. The van der Waals surface area contributed by atoms with E-state index in [1.54, 1.807) is 0 Å². The van der Waals surface area contributed by atoms with Crippen molar-refractivity contribution >= 4 is 0 Å². The van der Waals surface area contributed by atoms with E-state index in [1.807, 2.05) is 36.1 Å². The van der Waals surface area contributed by atoms with Gasteiger partial charge in [-0.25, -0.2) is 0 Å². The Morgan fingerprint density at radius 1 is 1.27 bits per heavy atom. The summed E-state index contributed by atoms with van der Waals surface area (Å²) in [7, 11) is 1.96. The van der Waals surface area contributed by atoms with Crippen molar-refractivity contribution in [2.45, 2.75) is 13.0 Å². The van der Waals surface area contributed by atoms with Gasteiger partial charge in [0.25, 0.3) is 0 Å². The molecular formula is C12H15N3. The van der Waals surface area contributed by atoms with Crippen molar-refractivity contribution in [2.75, 3.05) is 0 Å². The van der Waals surface area contributed by atoms with Crippen LogP contribution in [-0.2, 0) is 20.0 Å². The fourth-order valence-electron chi connectivity index (χ4n) is 1.70. The van der Waals surface area contributed by atoms with E-state index in [-0.39, 0.29) is 0 Å². The summed E-state index contributed by atoms with van der Waals surface area (Å²) in [5, 5.41) is 4.22. The van der Waals surface area contributed by atoms with Crippen LogP contribution >= 0.6 is 0 Å². The number of nitrogens with two attached hydrogens (primary N) is 1. The lowest BCUT2D eigenvalue weighted by atomic mass is 10.1.